The van der Waals surface area contributed by atoms with Crippen molar-refractivity contribution in [3.63, 3.8) is 0 Å². The van der Waals surface area contributed by atoms with E-state index in [-0.39, 0.29) is 17.9 Å². The lowest BCUT2D eigenvalue weighted by Gasteiger charge is -2.07. The Morgan fingerprint density at radius 1 is 1.38 bits per heavy atom. The van der Waals surface area contributed by atoms with Crippen LogP contribution in [0.15, 0.2) is 36.5 Å². The summed E-state index contributed by atoms with van der Waals surface area (Å²) in [5.41, 5.74) is 7.09. The Morgan fingerprint density at radius 2 is 2.19 bits per heavy atom. The Morgan fingerprint density at radius 3 is 2.90 bits per heavy atom. The third-order valence-corrected chi connectivity index (χ3v) is 2.73. The molecule has 1 aromatic heterocycles. The zero-order valence-corrected chi connectivity index (χ0v) is 11.6. The summed E-state index contributed by atoms with van der Waals surface area (Å²) in [5, 5.41) is 12.4. The first-order chi connectivity index (χ1) is 10.1. The summed E-state index contributed by atoms with van der Waals surface area (Å²) in [4.78, 5) is 16.2. The highest BCUT2D eigenvalue weighted by atomic mass is 16.3. The Labute approximate surface area is 122 Å². The lowest BCUT2D eigenvalue weighted by atomic mass is 10.1. The number of benzene rings is 1. The summed E-state index contributed by atoms with van der Waals surface area (Å²) in [6.45, 7) is 2.10. The predicted octanol–water partition coefficient (Wildman–Crippen LogP) is 1.66. The molecule has 1 heterocycles. The van der Waals surface area contributed by atoms with Crippen molar-refractivity contribution in [2.45, 2.75) is 6.92 Å². The van der Waals surface area contributed by atoms with Crippen molar-refractivity contribution in [3.8, 4) is 17.6 Å². The second kappa shape index (κ2) is 6.55. The van der Waals surface area contributed by atoms with Gasteiger partial charge in [-0.15, -0.1) is 0 Å². The van der Waals surface area contributed by atoms with Gasteiger partial charge in [0, 0.05) is 11.8 Å². The summed E-state index contributed by atoms with van der Waals surface area (Å²) >= 11 is 0. The van der Waals surface area contributed by atoms with Gasteiger partial charge in [0.05, 0.1) is 12.1 Å². The number of aromatic nitrogens is 1. The van der Waals surface area contributed by atoms with E-state index in [2.05, 4.69) is 22.1 Å². The van der Waals surface area contributed by atoms with Crippen LogP contribution in [0.4, 0.5) is 5.82 Å². The van der Waals surface area contributed by atoms with Crippen LogP contribution in [0.2, 0.25) is 0 Å². The molecule has 106 valence electrons. The molecule has 0 saturated carbocycles. The van der Waals surface area contributed by atoms with Crippen molar-refractivity contribution >= 4 is 11.7 Å². The summed E-state index contributed by atoms with van der Waals surface area (Å²) in [7, 11) is 0. The first kappa shape index (κ1) is 14.6. The van der Waals surface area contributed by atoms with Crippen LogP contribution in [0.5, 0.6) is 5.75 Å². The smallest absolute Gasteiger partial charge is 0.260 e. The fourth-order valence-corrected chi connectivity index (χ4v) is 1.75. The number of aromatic hydroxyl groups is 1. The molecule has 0 aliphatic rings. The highest BCUT2D eigenvalue weighted by Crippen LogP contribution is 2.19. The maximum atomic E-state index is 12.1. The van der Waals surface area contributed by atoms with Crippen LogP contribution >= 0.6 is 0 Å². The number of carbonyl (C=O) groups excluding carboxylic acids is 1. The van der Waals surface area contributed by atoms with E-state index >= 15 is 0 Å². The molecule has 2 rings (SSSR count). The molecule has 2 aromatic rings. The molecule has 0 unspecified atom stereocenters. The lowest BCUT2D eigenvalue weighted by Crippen LogP contribution is -2.13. The normalized spacial score (nSPS) is 9.62. The number of carbonyl (C=O) groups is 1. The van der Waals surface area contributed by atoms with Crippen molar-refractivity contribution in [2.24, 2.45) is 5.73 Å². The third-order valence-electron chi connectivity index (χ3n) is 2.73. The molecule has 1 aromatic carbocycles. The Kier molecular flexibility index (Phi) is 4.54. The third kappa shape index (κ3) is 3.81. The minimum Gasteiger partial charge on any atom is -0.507 e. The highest BCUT2D eigenvalue weighted by Gasteiger charge is 2.11. The van der Waals surface area contributed by atoms with Crippen LogP contribution < -0.4 is 11.1 Å². The lowest BCUT2D eigenvalue weighted by molar-refractivity contribution is 0.102. The van der Waals surface area contributed by atoms with Gasteiger partial charge >= 0.3 is 0 Å². The van der Waals surface area contributed by atoms with Gasteiger partial charge in [-0.05, 0) is 36.8 Å². The molecule has 0 radical (unpaired) electrons. The van der Waals surface area contributed by atoms with Gasteiger partial charge in [0.2, 0.25) is 0 Å². The molecular weight excluding hydrogens is 266 g/mol. The zero-order chi connectivity index (χ0) is 15.2. The molecule has 0 fully saturated rings. The van der Waals surface area contributed by atoms with Crippen molar-refractivity contribution < 1.29 is 9.90 Å². The standard InChI is InChI=1S/C16H15N3O2/c1-11-4-5-13(14(20)9-11)16(21)19-15-10-12(3-2-7-17)6-8-18-15/h4-6,8-10,20H,7,17H2,1H3,(H,18,19,21). The number of pyridine rings is 1. The quantitative estimate of drug-likeness (QED) is 0.730. The molecule has 0 bridgehead atoms. The fraction of sp³-hybridized carbons (Fsp3) is 0.125. The maximum absolute atomic E-state index is 12.1. The van der Waals surface area contributed by atoms with E-state index in [0.717, 1.165) is 5.56 Å². The molecule has 0 saturated heterocycles. The van der Waals surface area contributed by atoms with Crippen LogP contribution in [-0.2, 0) is 0 Å². The number of nitrogens with one attached hydrogen (secondary N) is 1. The summed E-state index contributed by atoms with van der Waals surface area (Å²) < 4.78 is 0. The number of amides is 1. The van der Waals surface area contributed by atoms with Crippen LogP contribution in [-0.4, -0.2) is 22.5 Å². The van der Waals surface area contributed by atoms with Gasteiger partial charge in [-0.3, -0.25) is 4.79 Å². The van der Waals surface area contributed by atoms with E-state index in [4.69, 9.17) is 5.73 Å². The minimum absolute atomic E-state index is 0.0634. The Hall–Kier alpha value is -2.84. The van der Waals surface area contributed by atoms with Crippen molar-refractivity contribution in [1.29, 1.82) is 0 Å². The molecule has 0 atom stereocenters. The van der Waals surface area contributed by atoms with Crippen LogP contribution in [0.1, 0.15) is 21.5 Å². The largest absolute Gasteiger partial charge is 0.507 e. The average Bonchev–Trinajstić information content (AvgIpc) is 2.45. The summed E-state index contributed by atoms with van der Waals surface area (Å²) in [6.07, 6.45) is 1.55. The summed E-state index contributed by atoms with van der Waals surface area (Å²) in [6, 6.07) is 8.22. The monoisotopic (exact) mass is 281 g/mol. The Bertz CT molecular complexity index is 730. The predicted molar refractivity (Wildman–Crippen MR) is 81.0 cm³/mol. The number of phenolic OH excluding ortho intramolecular Hbond substituents is 1. The second-order valence-electron chi connectivity index (χ2n) is 4.41. The molecule has 4 N–H and O–H groups in total. The van der Waals surface area contributed by atoms with Crippen molar-refractivity contribution in [1.82, 2.24) is 4.98 Å². The van der Waals surface area contributed by atoms with Gasteiger partial charge in [0.25, 0.3) is 5.91 Å². The van der Waals surface area contributed by atoms with Gasteiger partial charge in [-0.1, -0.05) is 17.9 Å². The summed E-state index contributed by atoms with van der Waals surface area (Å²) in [5.74, 6) is 5.46. The molecule has 21 heavy (non-hydrogen) atoms. The zero-order valence-electron chi connectivity index (χ0n) is 11.6. The van der Waals surface area contributed by atoms with Crippen LogP contribution in [0, 0.1) is 18.8 Å². The van der Waals surface area contributed by atoms with Gasteiger partial charge in [0.1, 0.15) is 11.6 Å². The molecule has 5 heteroatoms. The number of hydrogen-bond acceptors (Lipinski definition) is 4. The Balaban J connectivity index is 2.19. The molecule has 0 spiro atoms. The number of anilines is 1. The van der Waals surface area contributed by atoms with Gasteiger partial charge < -0.3 is 16.2 Å². The maximum Gasteiger partial charge on any atom is 0.260 e. The number of hydrogen-bond donors (Lipinski definition) is 3. The highest BCUT2D eigenvalue weighted by molar-refractivity contribution is 6.05. The van der Waals surface area contributed by atoms with Crippen LogP contribution in [0.3, 0.4) is 0 Å². The van der Waals surface area contributed by atoms with Crippen LogP contribution in [0.25, 0.3) is 0 Å². The SMILES string of the molecule is Cc1ccc(C(=O)Nc2cc(C#CCN)ccn2)c(O)c1. The van der Waals surface area contributed by atoms with Crippen molar-refractivity contribution in [3.05, 3.63) is 53.2 Å². The van der Waals surface area contributed by atoms with E-state index in [9.17, 15) is 9.90 Å². The molecular formula is C16H15N3O2. The van der Waals surface area contributed by atoms with E-state index in [1.54, 1.807) is 30.5 Å². The van der Waals surface area contributed by atoms with E-state index < -0.39 is 5.91 Å². The van der Waals surface area contributed by atoms with Crippen molar-refractivity contribution in [2.75, 3.05) is 11.9 Å². The van der Waals surface area contributed by atoms with E-state index in [0.29, 0.717) is 11.4 Å². The van der Waals surface area contributed by atoms with E-state index in [1.165, 1.54) is 6.07 Å². The molecule has 1 amide bonds. The fourth-order valence-electron chi connectivity index (χ4n) is 1.75. The minimum atomic E-state index is -0.427. The molecule has 5 nitrogen and oxygen atoms in total. The molecule has 0 aliphatic heterocycles. The van der Waals surface area contributed by atoms with Gasteiger partial charge in [-0.25, -0.2) is 4.98 Å². The first-order valence-electron chi connectivity index (χ1n) is 6.36. The average molecular weight is 281 g/mol. The molecule has 0 aliphatic carbocycles. The number of nitrogens with zero attached hydrogens (tertiary/aromatic N) is 1. The number of rotatable bonds is 2. The first-order valence-corrected chi connectivity index (χ1v) is 6.36. The number of phenols is 1. The second-order valence-corrected chi connectivity index (χ2v) is 4.41. The van der Waals surface area contributed by atoms with Gasteiger partial charge in [-0.2, -0.15) is 0 Å². The van der Waals surface area contributed by atoms with Gasteiger partial charge in [0.15, 0.2) is 0 Å². The van der Waals surface area contributed by atoms with E-state index in [1.807, 2.05) is 6.92 Å². The topological polar surface area (TPSA) is 88.2 Å². The number of aryl methyl sites for hydroxylation is 1. The number of nitrogens with two attached hydrogens (primary N) is 1.